The minimum atomic E-state index is -0.268. The van der Waals surface area contributed by atoms with E-state index in [-0.39, 0.29) is 25.1 Å². The zero-order valence-corrected chi connectivity index (χ0v) is 8.73. The molecule has 0 atom stereocenters. The van der Waals surface area contributed by atoms with Crippen molar-refractivity contribution in [3.8, 4) is 0 Å². The van der Waals surface area contributed by atoms with E-state index in [1.165, 1.54) is 12.1 Å². The molecule has 1 rings (SSSR count). The van der Waals surface area contributed by atoms with Crippen molar-refractivity contribution in [1.82, 2.24) is 4.90 Å². The van der Waals surface area contributed by atoms with Gasteiger partial charge in [-0.3, -0.25) is 4.90 Å². The monoisotopic (exact) mass is 213 g/mol. The van der Waals surface area contributed by atoms with Crippen molar-refractivity contribution in [3.05, 3.63) is 35.6 Å². The largest absolute Gasteiger partial charge is 0.395 e. The molecule has 0 aliphatic carbocycles. The number of likely N-dealkylation sites (N-methyl/N-ethyl adjacent to an activating group) is 1. The molecule has 0 bridgehead atoms. The Hall–Kier alpha value is -0.970. The van der Waals surface area contributed by atoms with Crippen LogP contribution >= 0.6 is 0 Å². The standard InChI is InChI=1S/C11H16FNO2/c1-13(11(7-14)8-15)6-9-2-4-10(12)5-3-9/h2-5,11,14-15H,6-8H2,1H3. The Labute approximate surface area is 88.8 Å². The first-order chi connectivity index (χ1) is 7.17. The summed E-state index contributed by atoms with van der Waals surface area (Å²) in [6, 6.07) is 5.91. The van der Waals surface area contributed by atoms with E-state index >= 15 is 0 Å². The highest BCUT2D eigenvalue weighted by Crippen LogP contribution is 2.07. The average Bonchev–Trinajstić information content (AvgIpc) is 2.23. The first-order valence-corrected chi connectivity index (χ1v) is 4.83. The third kappa shape index (κ3) is 3.58. The van der Waals surface area contributed by atoms with Crippen LogP contribution in [0.25, 0.3) is 0 Å². The summed E-state index contributed by atoms with van der Waals surface area (Å²) in [7, 11) is 1.81. The molecule has 3 nitrogen and oxygen atoms in total. The third-order valence-corrected chi connectivity index (χ3v) is 2.39. The van der Waals surface area contributed by atoms with E-state index in [4.69, 9.17) is 10.2 Å². The molecule has 1 aromatic carbocycles. The summed E-state index contributed by atoms with van der Waals surface area (Å²) >= 11 is 0. The lowest BCUT2D eigenvalue weighted by Gasteiger charge is -2.24. The van der Waals surface area contributed by atoms with Gasteiger partial charge in [0.2, 0.25) is 0 Å². The molecule has 0 aliphatic rings. The molecular weight excluding hydrogens is 197 g/mol. The number of nitrogens with zero attached hydrogens (tertiary/aromatic N) is 1. The van der Waals surface area contributed by atoms with Crippen LogP contribution in [0.3, 0.4) is 0 Å². The molecule has 0 saturated carbocycles. The van der Waals surface area contributed by atoms with Gasteiger partial charge in [0.25, 0.3) is 0 Å². The van der Waals surface area contributed by atoms with E-state index in [1.807, 2.05) is 4.90 Å². The molecule has 4 heteroatoms. The molecule has 0 unspecified atom stereocenters. The fourth-order valence-electron chi connectivity index (χ4n) is 1.34. The van der Waals surface area contributed by atoms with Crippen LogP contribution in [0.5, 0.6) is 0 Å². The van der Waals surface area contributed by atoms with Gasteiger partial charge in [-0.2, -0.15) is 0 Å². The molecule has 0 spiro atoms. The Morgan fingerprint density at radius 3 is 2.20 bits per heavy atom. The molecule has 0 saturated heterocycles. The number of aliphatic hydroxyl groups excluding tert-OH is 2. The lowest BCUT2D eigenvalue weighted by atomic mass is 10.2. The molecule has 0 aromatic heterocycles. The Balaban J connectivity index is 2.57. The Morgan fingerprint density at radius 1 is 1.20 bits per heavy atom. The van der Waals surface area contributed by atoms with Crippen LogP contribution in [-0.4, -0.2) is 41.4 Å². The van der Waals surface area contributed by atoms with Crippen molar-refractivity contribution in [2.45, 2.75) is 12.6 Å². The molecular formula is C11H16FNO2. The first-order valence-electron chi connectivity index (χ1n) is 4.83. The maximum absolute atomic E-state index is 12.6. The van der Waals surface area contributed by atoms with Crippen molar-refractivity contribution in [2.24, 2.45) is 0 Å². The van der Waals surface area contributed by atoms with Gasteiger partial charge in [0.15, 0.2) is 0 Å². The highest BCUT2D eigenvalue weighted by atomic mass is 19.1. The summed E-state index contributed by atoms with van der Waals surface area (Å²) in [5.74, 6) is -0.262. The van der Waals surface area contributed by atoms with Crippen molar-refractivity contribution >= 4 is 0 Å². The number of benzene rings is 1. The van der Waals surface area contributed by atoms with E-state index in [0.29, 0.717) is 6.54 Å². The van der Waals surface area contributed by atoms with Gasteiger partial charge in [0.05, 0.1) is 19.3 Å². The highest BCUT2D eigenvalue weighted by molar-refractivity contribution is 5.15. The second kappa shape index (κ2) is 5.80. The Kier molecular flexibility index (Phi) is 4.68. The lowest BCUT2D eigenvalue weighted by Crippen LogP contribution is -2.37. The third-order valence-electron chi connectivity index (χ3n) is 2.39. The van der Waals surface area contributed by atoms with Crippen molar-refractivity contribution in [1.29, 1.82) is 0 Å². The van der Waals surface area contributed by atoms with Crippen LogP contribution in [0.1, 0.15) is 5.56 Å². The fraction of sp³-hybridized carbons (Fsp3) is 0.455. The average molecular weight is 213 g/mol. The van der Waals surface area contributed by atoms with E-state index < -0.39 is 0 Å². The molecule has 0 amide bonds. The van der Waals surface area contributed by atoms with E-state index in [9.17, 15) is 4.39 Å². The van der Waals surface area contributed by atoms with Crippen molar-refractivity contribution < 1.29 is 14.6 Å². The molecule has 0 fully saturated rings. The maximum Gasteiger partial charge on any atom is 0.123 e. The van der Waals surface area contributed by atoms with Gasteiger partial charge in [-0.25, -0.2) is 4.39 Å². The number of rotatable bonds is 5. The molecule has 0 radical (unpaired) electrons. The normalized spacial score (nSPS) is 11.3. The SMILES string of the molecule is CN(Cc1ccc(F)cc1)C(CO)CO. The number of aliphatic hydroxyl groups is 2. The summed E-state index contributed by atoms with van der Waals surface area (Å²) in [4.78, 5) is 1.83. The fourth-order valence-corrected chi connectivity index (χ4v) is 1.34. The van der Waals surface area contributed by atoms with E-state index in [2.05, 4.69) is 0 Å². The smallest absolute Gasteiger partial charge is 0.123 e. The van der Waals surface area contributed by atoms with Crippen molar-refractivity contribution in [2.75, 3.05) is 20.3 Å². The van der Waals surface area contributed by atoms with Crippen LogP contribution in [0.4, 0.5) is 4.39 Å². The highest BCUT2D eigenvalue weighted by Gasteiger charge is 2.12. The zero-order valence-electron chi connectivity index (χ0n) is 8.73. The van der Waals surface area contributed by atoms with Gasteiger partial charge >= 0.3 is 0 Å². The number of hydrogen-bond donors (Lipinski definition) is 2. The first kappa shape index (κ1) is 12.1. The van der Waals surface area contributed by atoms with E-state index in [0.717, 1.165) is 5.56 Å². The molecule has 0 heterocycles. The summed E-state index contributed by atoms with van der Waals surface area (Å²) in [5.41, 5.74) is 0.950. The minimum absolute atomic E-state index is 0.0891. The Morgan fingerprint density at radius 2 is 1.73 bits per heavy atom. The maximum atomic E-state index is 12.6. The number of halogens is 1. The van der Waals surface area contributed by atoms with E-state index in [1.54, 1.807) is 19.2 Å². The Bertz CT molecular complexity index is 285. The van der Waals surface area contributed by atoms with Crippen LogP contribution in [0.2, 0.25) is 0 Å². The summed E-state index contributed by atoms with van der Waals surface area (Å²) in [5, 5.41) is 17.9. The molecule has 0 aliphatic heterocycles. The van der Waals surface area contributed by atoms with Gasteiger partial charge in [-0.05, 0) is 24.7 Å². The molecule has 2 N–H and O–H groups in total. The van der Waals surface area contributed by atoms with Crippen LogP contribution in [0.15, 0.2) is 24.3 Å². The van der Waals surface area contributed by atoms with Crippen LogP contribution in [0, 0.1) is 5.82 Å². The zero-order chi connectivity index (χ0) is 11.3. The van der Waals surface area contributed by atoms with Gasteiger partial charge in [-0.1, -0.05) is 12.1 Å². The van der Waals surface area contributed by atoms with Gasteiger partial charge in [-0.15, -0.1) is 0 Å². The second-order valence-corrected chi connectivity index (χ2v) is 3.56. The predicted octanol–water partition coefficient (Wildman–Crippen LogP) is 0.611. The van der Waals surface area contributed by atoms with Crippen LogP contribution in [-0.2, 0) is 6.54 Å². The van der Waals surface area contributed by atoms with Gasteiger partial charge in [0, 0.05) is 6.54 Å². The van der Waals surface area contributed by atoms with Crippen LogP contribution < -0.4 is 0 Å². The topological polar surface area (TPSA) is 43.7 Å². The lowest BCUT2D eigenvalue weighted by molar-refractivity contribution is 0.0873. The summed E-state index contributed by atoms with van der Waals surface area (Å²) in [6.45, 7) is 0.397. The minimum Gasteiger partial charge on any atom is -0.395 e. The number of hydrogen-bond acceptors (Lipinski definition) is 3. The van der Waals surface area contributed by atoms with Gasteiger partial charge < -0.3 is 10.2 Å². The molecule has 15 heavy (non-hydrogen) atoms. The van der Waals surface area contributed by atoms with Crippen molar-refractivity contribution in [3.63, 3.8) is 0 Å². The molecule has 84 valence electrons. The van der Waals surface area contributed by atoms with Gasteiger partial charge in [0.1, 0.15) is 5.82 Å². The second-order valence-electron chi connectivity index (χ2n) is 3.56. The quantitative estimate of drug-likeness (QED) is 0.753. The summed E-state index contributed by atoms with van der Waals surface area (Å²) < 4.78 is 12.6. The molecule has 1 aromatic rings. The summed E-state index contributed by atoms with van der Waals surface area (Å²) in [6.07, 6.45) is 0. The predicted molar refractivity (Wildman–Crippen MR) is 55.8 cm³/mol.